The van der Waals surface area contributed by atoms with Gasteiger partial charge < -0.3 is 25.8 Å². The first kappa shape index (κ1) is 23.7. The highest BCUT2D eigenvalue weighted by Gasteiger charge is 2.45. The number of rotatable bonds is 8. The highest BCUT2D eigenvalue weighted by molar-refractivity contribution is 7.87. The number of benzene rings is 1. The van der Waals surface area contributed by atoms with E-state index in [1.54, 1.807) is 30.5 Å². The Labute approximate surface area is 190 Å². The van der Waals surface area contributed by atoms with E-state index in [0.717, 1.165) is 0 Å². The molecule has 0 saturated carbocycles. The third-order valence-electron chi connectivity index (χ3n) is 5.32. The van der Waals surface area contributed by atoms with E-state index in [9.17, 15) is 13.8 Å². The number of ether oxygens (including phenoxy) is 2. The van der Waals surface area contributed by atoms with Gasteiger partial charge in [0, 0.05) is 36.4 Å². The zero-order valence-corrected chi connectivity index (χ0v) is 18.7. The zero-order chi connectivity index (χ0) is 22.8. The average Bonchev–Trinajstić information content (AvgIpc) is 2.96. The first-order valence-corrected chi connectivity index (χ1v) is 11.7. The van der Waals surface area contributed by atoms with Crippen molar-refractivity contribution < 1.29 is 23.3 Å². The molecule has 1 unspecified atom stereocenters. The molecule has 2 heterocycles. The van der Waals surface area contributed by atoms with E-state index >= 15 is 0 Å². The number of carbonyl (C=O) groups excluding carboxylic acids is 2. The van der Waals surface area contributed by atoms with Crippen LogP contribution >= 0.6 is 0 Å². The number of primary amides is 1. The van der Waals surface area contributed by atoms with Crippen LogP contribution in [0.2, 0.25) is 0 Å². The van der Waals surface area contributed by atoms with Gasteiger partial charge in [0.05, 0.1) is 17.3 Å². The number of allylic oxidation sites excluding steroid dienone is 3. The molecule has 8 nitrogen and oxygen atoms in total. The Morgan fingerprint density at radius 1 is 1.16 bits per heavy atom. The van der Waals surface area contributed by atoms with Gasteiger partial charge in [-0.05, 0) is 43.5 Å². The lowest BCUT2D eigenvalue weighted by Crippen LogP contribution is -2.51. The smallest absolute Gasteiger partial charge is 0.249 e. The van der Waals surface area contributed by atoms with Gasteiger partial charge in [-0.1, -0.05) is 24.3 Å². The topological polar surface area (TPSA) is 120 Å². The second-order valence-electron chi connectivity index (χ2n) is 7.45. The molecule has 3 rings (SSSR count). The highest BCUT2D eigenvalue weighted by Crippen LogP contribution is 2.32. The molecule has 0 radical (unpaired) electrons. The van der Waals surface area contributed by atoms with Gasteiger partial charge in [-0.3, -0.25) is 13.8 Å². The molecule has 9 heteroatoms. The molecule has 2 aliphatic heterocycles. The van der Waals surface area contributed by atoms with E-state index in [2.05, 4.69) is 10.6 Å². The molecular weight excluding hydrogens is 430 g/mol. The molecule has 2 aliphatic rings. The van der Waals surface area contributed by atoms with Crippen LogP contribution in [0.5, 0.6) is 5.75 Å². The summed E-state index contributed by atoms with van der Waals surface area (Å²) in [6.07, 6.45) is 10.7. The lowest BCUT2D eigenvalue weighted by Gasteiger charge is -2.33. The standard InChI is InChI=1S/C23H29N3O5S/c24-22(28)23(10-14-30-15-11-23)32(29)20-8-6-19(7-9-20)31-16-13-26-21(27)18-5-3-1-2-4-12-25-17-18/h1-4,6-9,17,25H,5,10-16H2,(H2,24,28)(H,26,27)/b3-1-,4-2-,18-17+. The molecular formula is C23H29N3O5S. The van der Waals surface area contributed by atoms with Gasteiger partial charge in [-0.15, -0.1) is 0 Å². The van der Waals surface area contributed by atoms with Crippen LogP contribution in [0.1, 0.15) is 19.3 Å². The Balaban J connectivity index is 1.49. The SMILES string of the molecule is NC(=O)C1(S(=O)c2ccc(OCCNC(=O)/C3=C/NC/C=C\C=C/C3)cc2)CCOCC1. The second kappa shape index (κ2) is 11.6. The van der Waals surface area contributed by atoms with Crippen molar-refractivity contribution in [3.63, 3.8) is 0 Å². The molecule has 0 bridgehead atoms. The van der Waals surface area contributed by atoms with E-state index in [1.807, 2.05) is 24.3 Å². The fourth-order valence-electron chi connectivity index (χ4n) is 3.44. The first-order valence-electron chi connectivity index (χ1n) is 10.6. The normalized spacial score (nSPS) is 22.4. The van der Waals surface area contributed by atoms with E-state index < -0.39 is 21.5 Å². The van der Waals surface area contributed by atoms with Gasteiger partial charge in [0.1, 0.15) is 17.1 Å². The van der Waals surface area contributed by atoms with Crippen molar-refractivity contribution in [2.45, 2.75) is 28.9 Å². The molecule has 172 valence electrons. The summed E-state index contributed by atoms with van der Waals surface area (Å²) in [5.41, 5.74) is 6.24. The minimum atomic E-state index is -1.58. The largest absolute Gasteiger partial charge is 0.492 e. The van der Waals surface area contributed by atoms with Crippen LogP contribution in [-0.2, 0) is 25.1 Å². The van der Waals surface area contributed by atoms with Crippen LogP contribution < -0.4 is 21.1 Å². The summed E-state index contributed by atoms with van der Waals surface area (Å²) in [4.78, 5) is 24.9. The molecule has 1 fully saturated rings. The van der Waals surface area contributed by atoms with Crippen LogP contribution in [-0.4, -0.2) is 53.7 Å². The van der Waals surface area contributed by atoms with Crippen molar-refractivity contribution in [2.24, 2.45) is 5.73 Å². The minimum absolute atomic E-state index is 0.147. The van der Waals surface area contributed by atoms with Crippen LogP contribution in [0.4, 0.5) is 0 Å². The summed E-state index contributed by atoms with van der Waals surface area (Å²) < 4.78 is 23.0. The maximum Gasteiger partial charge on any atom is 0.249 e. The minimum Gasteiger partial charge on any atom is -0.492 e. The van der Waals surface area contributed by atoms with Crippen LogP contribution in [0.25, 0.3) is 0 Å². The van der Waals surface area contributed by atoms with E-state index in [4.69, 9.17) is 15.2 Å². The molecule has 1 saturated heterocycles. The van der Waals surface area contributed by atoms with Crippen LogP contribution in [0.3, 0.4) is 0 Å². The molecule has 2 amide bonds. The Morgan fingerprint density at radius 2 is 1.88 bits per heavy atom. The first-order chi connectivity index (χ1) is 15.5. The van der Waals surface area contributed by atoms with Crippen molar-refractivity contribution >= 4 is 22.6 Å². The van der Waals surface area contributed by atoms with Gasteiger partial charge in [-0.2, -0.15) is 0 Å². The summed E-state index contributed by atoms with van der Waals surface area (Å²) >= 11 is 0. The van der Waals surface area contributed by atoms with Crippen molar-refractivity contribution in [3.05, 3.63) is 60.3 Å². The van der Waals surface area contributed by atoms with Gasteiger partial charge >= 0.3 is 0 Å². The summed E-state index contributed by atoms with van der Waals surface area (Å²) in [6, 6.07) is 6.76. The Kier molecular flexibility index (Phi) is 8.64. The lowest BCUT2D eigenvalue weighted by atomic mass is 9.98. The Hall–Kier alpha value is -2.91. The number of hydrogen-bond donors (Lipinski definition) is 3. The number of amides is 2. The molecule has 0 aromatic heterocycles. The summed E-state index contributed by atoms with van der Waals surface area (Å²) in [6.45, 7) is 2.02. The third kappa shape index (κ3) is 6.08. The van der Waals surface area contributed by atoms with Crippen molar-refractivity contribution in [2.75, 3.05) is 32.9 Å². The highest BCUT2D eigenvalue weighted by atomic mass is 32.2. The molecule has 0 spiro atoms. The quantitative estimate of drug-likeness (QED) is 0.505. The summed E-state index contributed by atoms with van der Waals surface area (Å²) in [5.74, 6) is -0.128. The maximum atomic E-state index is 13.1. The second-order valence-corrected chi connectivity index (χ2v) is 9.24. The summed E-state index contributed by atoms with van der Waals surface area (Å²) in [5, 5.41) is 5.92. The van der Waals surface area contributed by atoms with Gasteiger partial charge in [0.2, 0.25) is 11.8 Å². The molecule has 0 aliphatic carbocycles. The average molecular weight is 460 g/mol. The van der Waals surface area contributed by atoms with E-state index in [-0.39, 0.29) is 12.5 Å². The summed E-state index contributed by atoms with van der Waals surface area (Å²) in [7, 11) is -1.58. The van der Waals surface area contributed by atoms with Gasteiger partial charge in [-0.25, -0.2) is 0 Å². The van der Waals surface area contributed by atoms with Crippen LogP contribution in [0, 0.1) is 0 Å². The fraction of sp³-hybridized carbons (Fsp3) is 0.391. The number of hydrogen-bond acceptors (Lipinski definition) is 6. The van der Waals surface area contributed by atoms with Gasteiger partial charge in [0.25, 0.3) is 0 Å². The molecule has 4 N–H and O–H groups in total. The predicted molar refractivity (Wildman–Crippen MR) is 122 cm³/mol. The van der Waals surface area contributed by atoms with E-state index in [1.165, 1.54) is 0 Å². The van der Waals surface area contributed by atoms with E-state index in [0.29, 0.717) is 61.8 Å². The molecule has 32 heavy (non-hydrogen) atoms. The lowest BCUT2D eigenvalue weighted by molar-refractivity contribution is -0.122. The predicted octanol–water partition coefficient (Wildman–Crippen LogP) is 1.31. The third-order valence-corrected chi connectivity index (χ3v) is 7.34. The molecule has 1 aromatic rings. The zero-order valence-electron chi connectivity index (χ0n) is 17.9. The van der Waals surface area contributed by atoms with Crippen molar-refractivity contribution in [1.82, 2.24) is 10.6 Å². The number of carbonyl (C=O) groups is 2. The van der Waals surface area contributed by atoms with Crippen LogP contribution in [0.15, 0.2) is 65.2 Å². The maximum absolute atomic E-state index is 13.1. The van der Waals surface area contributed by atoms with Crippen molar-refractivity contribution in [1.29, 1.82) is 0 Å². The van der Waals surface area contributed by atoms with Gasteiger partial charge in [0.15, 0.2) is 0 Å². The molecule has 1 aromatic carbocycles. The van der Waals surface area contributed by atoms with Crippen molar-refractivity contribution in [3.8, 4) is 5.75 Å². The number of nitrogens with one attached hydrogen (secondary N) is 2. The Bertz CT molecular complexity index is 918. The fourth-order valence-corrected chi connectivity index (χ4v) is 5.00. The Morgan fingerprint density at radius 3 is 2.59 bits per heavy atom. The number of nitrogens with two attached hydrogens (primary N) is 1. The molecule has 1 atom stereocenters. The monoisotopic (exact) mass is 459 g/mol.